The van der Waals surface area contributed by atoms with Crippen LogP contribution in [0.4, 0.5) is 0 Å². The lowest BCUT2D eigenvalue weighted by molar-refractivity contribution is 0.0590. The van der Waals surface area contributed by atoms with Crippen molar-refractivity contribution in [3.8, 4) is 0 Å². The number of carbonyl (C=O) groups excluding carboxylic acids is 2. The van der Waals surface area contributed by atoms with E-state index in [9.17, 15) is 9.59 Å². The van der Waals surface area contributed by atoms with E-state index in [0.717, 1.165) is 21.2 Å². The molecule has 3 aromatic heterocycles. The number of hydrogen-bond donors (Lipinski definition) is 0. The van der Waals surface area contributed by atoms with Gasteiger partial charge in [-0.1, -0.05) is 110 Å². The molecule has 0 atom stereocenters. The Morgan fingerprint density at radius 1 is 0.574 bits per heavy atom. The number of carbonyl (C=O) groups is 2. The van der Waals surface area contributed by atoms with Crippen molar-refractivity contribution in [1.29, 1.82) is 0 Å². The summed E-state index contributed by atoms with van der Waals surface area (Å²) in [5.74, 6) is -0.728. The predicted octanol–water partition coefficient (Wildman–Crippen LogP) is 10.6. The van der Waals surface area contributed by atoms with Crippen LogP contribution in [0.3, 0.4) is 0 Å². The minimum absolute atomic E-state index is 0.343. The van der Waals surface area contributed by atoms with Crippen molar-refractivity contribution < 1.29 is 19.1 Å². The van der Waals surface area contributed by atoms with Crippen molar-refractivity contribution in [2.45, 2.75) is 39.4 Å². The number of aromatic nitrogens is 3. The Morgan fingerprint density at radius 2 is 1.04 bits per heavy atom. The summed E-state index contributed by atoms with van der Waals surface area (Å²) in [6.07, 6.45) is 5.65. The Balaban J connectivity index is 0.000000612. The molecule has 0 aliphatic carbocycles. The molecule has 0 unspecified atom stereocenters. The highest BCUT2D eigenvalue weighted by molar-refractivity contribution is 9.10. The van der Waals surface area contributed by atoms with Crippen molar-refractivity contribution in [2.24, 2.45) is 0 Å². The summed E-state index contributed by atoms with van der Waals surface area (Å²) in [6.45, 7) is 8.00. The van der Waals surface area contributed by atoms with Crippen LogP contribution >= 0.6 is 47.8 Å². The number of methoxy groups -OCH3 is 2. The Kier molecular flexibility index (Phi) is 26.2. The van der Waals surface area contributed by atoms with Crippen molar-refractivity contribution in [3.63, 3.8) is 0 Å². The molecule has 0 N–H and O–H groups in total. The first kappa shape index (κ1) is 43.3. The molecule has 0 saturated heterocycles. The van der Waals surface area contributed by atoms with Crippen LogP contribution in [0.15, 0.2) is 131 Å². The molecule has 2 aromatic carbocycles. The first-order valence-corrected chi connectivity index (χ1v) is 17.5. The lowest BCUT2D eigenvalue weighted by Crippen LogP contribution is -2.07. The molecule has 10 heteroatoms. The molecule has 5 aromatic rings. The molecule has 0 spiro atoms. The topological polar surface area (TPSA) is 91.3 Å². The molecule has 0 saturated carbocycles. The Labute approximate surface area is 304 Å². The number of hydrogen-bond acceptors (Lipinski definition) is 7. The highest BCUT2D eigenvalue weighted by atomic mass is 79.9. The van der Waals surface area contributed by atoms with Crippen LogP contribution in [0.2, 0.25) is 0 Å². The summed E-state index contributed by atoms with van der Waals surface area (Å²) >= 11 is 9.68. The maximum atomic E-state index is 11.6. The molecule has 0 fully saturated rings. The van der Waals surface area contributed by atoms with Gasteiger partial charge in [-0.05, 0) is 79.4 Å². The highest BCUT2D eigenvalue weighted by Crippen LogP contribution is 2.14. The van der Waals surface area contributed by atoms with Gasteiger partial charge >= 0.3 is 11.9 Å². The zero-order valence-electron chi connectivity index (χ0n) is 27.6. The third-order valence-electron chi connectivity index (χ3n) is 5.30. The van der Waals surface area contributed by atoms with E-state index in [4.69, 9.17) is 4.74 Å². The number of esters is 2. The van der Waals surface area contributed by atoms with Gasteiger partial charge < -0.3 is 9.47 Å². The molecular weight excluding hydrogens is 790 g/mol. The van der Waals surface area contributed by atoms with E-state index in [2.05, 4.69) is 79.6 Å². The zero-order chi connectivity index (χ0) is 35.3. The van der Waals surface area contributed by atoms with Crippen LogP contribution in [-0.4, -0.2) is 41.1 Å². The fourth-order valence-electron chi connectivity index (χ4n) is 3.22. The van der Waals surface area contributed by atoms with Gasteiger partial charge in [-0.25, -0.2) is 19.6 Å². The van der Waals surface area contributed by atoms with E-state index in [1.54, 1.807) is 42.9 Å². The molecule has 0 amide bonds. The standard InChI is InChI=1S/C14H13NO2.C7H6BrNO2.C7H7Br.C5H4BrN.2C2H6/c1-17-14(16)12-8-5-9-15-13(12)10-11-6-3-2-4-7-11;1-11-7(10)5-3-2-4-9-6(5)8;8-6-7-4-2-1-3-5-7;6-5-3-1-2-4-7-5;2*1-2/h2-9H,10H2,1H3;2-4H,1H3;1-5H,6H2;1-4H;2*1-2H3. The summed E-state index contributed by atoms with van der Waals surface area (Å²) in [5.41, 5.74) is 4.16. The van der Waals surface area contributed by atoms with E-state index < -0.39 is 0 Å². The maximum absolute atomic E-state index is 11.6. The Morgan fingerprint density at radius 3 is 1.47 bits per heavy atom. The molecule has 0 radical (unpaired) electrons. The van der Waals surface area contributed by atoms with Gasteiger partial charge in [-0.3, -0.25) is 4.98 Å². The van der Waals surface area contributed by atoms with Gasteiger partial charge in [0.15, 0.2) is 0 Å². The number of halogens is 3. The number of ether oxygens (including phenoxy) is 2. The van der Waals surface area contributed by atoms with Crippen molar-refractivity contribution >= 4 is 59.7 Å². The number of alkyl halides is 1. The third-order valence-corrected chi connectivity index (χ3v) is 7.05. The van der Waals surface area contributed by atoms with Crippen LogP contribution in [0.5, 0.6) is 0 Å². The largest absolute Gasteiger partial charge is 0.465 e. The summed E-state index contributed by atoms with van der Waals surface area (Å²) < 4.78 is 10.6. The molecule has 3 heterocycles. The van der Waals surface area contributed by atoms with Gasteiger partial charge in [0.2, 0.25) is 0 Å². The number of rotatable bonds is 5. The predicted molar refractivity (Wildman–Crippen MR) is 202 cm³/mol. The van der Waals surface area contributed by atoms with E-state index in [1.165, 1.54) is 19.8 Å². The molecule has 250 valence electrons. The zero-order valence-corrected chi connectivity index (χ0v) is 32.3. The van der Waals surface area contributed by atoms with E-state index >= 15 is 0 Å². The average molecular weight is 832 g/mol. The van der Waals surface area contributed by atoms with E-state index in [1.807, 2.05) is 94.4 Å². The minimum Gasteiger partial charge on any atom is -0.465 e. The second-order valence-corrected chi connectivity index (χ2v) is 10.4. The molecular formula is C37H42Br3N3O4. The molecule has 47 heavy (non-hydrogen) atoms. The number of pyridine rings is 3. The van der Waals surface area contributed by atoms with E-state index in [-0.39, 0.29) is 11.9 Å². The fourth-order valence-corrected chi connectivity index (χ4v) is 4.28. The second-order valence-electron chi connectivity index (χ2n) is 8.26. The third kappa shape index (κ3) is 18.9. The van der Waals surface area contributed by atoms with Crippen molar-refractivity contribution in [2.75, 3.05) is 14.2 Å². The smallest absolute Gasteiger partial charge is 0.340 e. The molecule has 5 rings (SSSR count). The lowest BCUT2D eigenvalue weighted by Gasteiger charge is -2.06. The van der Waals surface area contributed by atoms with Crippen LogP contribution in [0.25, 0.3) is 0 Å². The second kappa shape index (κ2) is 28.5. The van der Waals surface area contributed by atoms with E-state index in [0.29, 0.717) is 22.2 Å². The lowest BCUT2D eigenvalue weighted by atomic mass is 10.1. The Bertz CT molecular complexity index is 1510. The summed E-state index contributed by atoms with van der Waals surface area (Å²) in [4.78, 5) is 34.5. The quantitative estimate of drug-likeness (QED) is 0.0989. The van der Waals surface area contributed by atoms with Gasteiger partial charge in [0, 0.05) is 30.3 Å². The number of benzene rings is 2. The first-order valence-electron chi connectivity index (χ1n) is 14.8. The van der Waals surface area contributed by atoms with Gasteiger partial charge in [-0.2, -0.15) is 0 Å². The molecule has 0 aliphatic rings. The number of nitrogens with zero attached hydrogens (tertiary/aromatic N) is 3. The molecule has 0 aliphatic heterocycles. The first-order chi connectivity index (χ1) is 22.9. The normalized spacial score (nSPS) is 8.87. The summed E-state index contributed by atoms with van der Waals surface area (Å²) in [5, 5.41) is 0.952. The van der Waals surface area contributed by atoms with Gasteiger partial charge in [0.25, 0.3) is 0 Å². The summed E-state index contributed by atoms with van der Waals surface area (Å²) in [7, 11) is 2.71. The van der Waals surface area contributed by atoms with Crippen LogP contribution in [0, 0.1) is 0 Å². The Hall–Kier alpha value is -3.73. The summed E-state index contributed by atoms with van der Waals surface area (Å²) in [6, 6.07) is 32.7. The maximum Gasteiger partial charge on any atom is 0.340 e. The van der Waals surface area contributed by atoms with Crippen LogP contribution in [0.1, 0.15) is 65.2 Å². The van der Waals surface area contributed by atoms with Crippen LogP contribution in [-0.2, 0) is 21.2 Å². The monoisotopic (exact) mass is 829 g/mol. The fraction of sp³-hybridized carbons (Fsp3) is 0.216. The van der Waals surface area contributed by atoms with Gasteiger partial charge in [0.1, 0.15) is 9.21 Å². The van der Waals surface area contributed by atoms with Gasteiger partial charge in [-0.15, -0.1) is 0 Å². The minimum atomic E-state index is -0.384. The van der Waals surface area contributed by atoms with Crippen molar-refractivity contribution in [3.05, 3.63) is 159 Å². The molecule has 7 nitrogen and oxygen atoms in total. The van der Waals surface area contributed by atoms with Gasteiger partial charge in [0.05, 0.1) is 31.0 Å². The highest BCUT2D eigenvalue weighted by Gasteiger charge is 2.12. The average Bonchev–Trinajstić information content (AvgIpc) is 3.15. The molecule has 0 bridgehead atoms. The SMILES string of the molecule is BrCc1ccccc1.Brc1ccccn1.CC.CC.COC(=O)c1cccnc1Br.COC(=O)c1cccnc1Cc1ccccc1. The van der Waals surface area contributed by atoms with Crippen LogP contribution < -0.4 is 0 Å². The van der Waals surface area contributed by atoms with Crippen molar-refractivity contribution in [1.82, 2.24) is 15.0 Å².